The van der Waals surface area contributed by atoms with Gasteiger partial charge in [0.2, 0.25) is 0 Å². The summed E-state index contributed by atoms with van der Waals surface area (Å²) in [6, 6.07) is 6.02. The van der Waals surface area contributed by atoms with Gasteiger partial charge in [-0.05, 0) is 30.7 Å². The monoisotopic (exact) mass is 275 g/mol. The first-order chi connectivity index (χ1) is 9.72. The maximum absolute atomic E-state index is 5.30. The van der Waals surface area contributed by atoms with E-state index in [1.54, 1.807) is 14.2 Å². The van der Waals surface area contributed by atoms with Crippen molar-refractivity contribution in [3.8, 4) is 11.5 Å². The van der Waals surface area contributed by atoms with Crippen LogP contribution in [0.4, 0.5) is 0 Å². The Bertz CT molecular complexity index is 552. The van der Waals surface area contributed by atoms with Crippen LogP contribution in [0.5, 0.6) is 11.5 Å². The van der Waals surface area contributed by atoms with Crippen LogP contribution in [0.25, 0.3) is 0 Å². The van der Waals surface area contributed by atoms with Gasteiger partial charge < -0.3 is 14.8 Å². The Balaban J connectivity index is 1.82. The third kappa shape index (κ3) is 3.74. The van der Waals surface area contributed by atoms with Crippen LogP contribution in [0.2, 0.25) is 0 Å². The number of methoxy groups -OCH3 is 2. The van der Waals surface area contributed by atoms with Gasteiger partial charge in [0.1, 0.15) is 0 Å². The average Bonchev–Trinajstić information content (AvgIpc) is 2.89. The Hall–Kier alpha value is -2.01. The summed E-state index contributed by atoms with van der Waals surface area (Å²) in [6.07, 6.45) is 4.84. The summed E-state index contributed by atoms with van der Waals surface area (Å²) in [5.41, 5.74) is 2.42. The van der Waals surface area contributed by atoms with E-state index >= 15 is 0 Å². The molecule has 0 spiro atoms. The second kappa shape index (κ2) is 6.96. The molecule has 2 aromatic rings. The summed E-state index contributed by atoms with van der Waals surface area (Å²) in [4.78, 5) is 0. The van der Waals surface area contributed by atoms with Crippen molar-refractivity contribution in [1.82, 2.24) is 15.1 Å². The molecule has 0 aliphatic heterocycles. The first-order valence-corrected chi connectivity index (χ1v) is 6.62. The van der Waals surface area contributed by atoms with Gasteiger partial charge in [-0.15, -0.1) is 0 Å². The number of benzene rings is 1. The van der Waals surface area contributed by atoms with Gasteiger partial charge >= 0.3 is 0 Å². The van der Waals surface area contributed by atoms with Crippen LogP contribution in [-0.2, 0) is 20.0 Å². The molecule has 5 nitrogen and oxygen atoms in total. The molecule has 2 rings (SSSR count). The van der Waals surface area contributed by atoms with E-state index in [9.17, 15) is 0 Å². The largest absolute Gasteiger partial charge is 0.493 e. The molecule has 1 heterocycles. The maximum atomic E-state index is 5.30. The number of ether oxygens (including phenoxy) is 2. The number of nitrogens with one attached hydrogen (secondary N) is 1. The first kappa shape index (κ1) is 14.4. The Labute approximate surface area is 119 Å². The zero-order valence-electron chi connectivity index (χ0n) is 12.2. The lowest BCUT2D eigenvalue weighted by Gasteiger charge is -2.09. The number of aryl methyl sites for hydroxylation is 1. The van der Waals surface area contributed by atoms with Crippen molar-refractivity contribution in [3.63, 3.8) is 0 Å². The molecule has 0 radical (unpaired) electrons. The molecule has 0 saturated carbocycles. The summed E-state index contributed by atoms with van der Waals surface area (Å²) >= 11 is 0. The van der Waals surface area contributed by atoms with E-state index in [2.05, 4.69) is 16.5 Å². The Morgan fingerprint density at radius 2 is 1.95 bits per heavy atom. The lowest BCUT2D eigenvalue weighted by atomic mass is 10.1. The number of rotatable bonds is 7. The molecule has 0 saturated heterocycles. The molecule has 20 heavy (non-hydrogen) atoms. The molecule has 0 aliphatic carbocycles. The number of hydrogen-bond donors (Lipinski definition) is 1. The molecule has 0 aliphatic rings. The van der Waals surface area contributed by atoms with Crippen molar-refractivity contribution in [3.05, 3.63) is 41.7 Å². The van der Waals surface area contributed by atoms with Gasteiger partial charge in [-0.1, -0.05) is 6.07 Å². The smallest absolute Gasteiger partial charge is 0.160 e. The molecule has 0 atom stereocenters. The maximum Gasteiger partial charge on any atom is 0.160 e. The van der Waals surface area contributed by atoms with Gasteiger partial charge in [-0.25, -0.2) is 0 Å². The highest BCUT2D eigenvalue weighted by Gasteiger charge is 2.04. The van der Waals surface area contributed by atoms with E-state index in [0.717, 1.165) is 31.0 Å². The van der Waals surface area contributed by atoms with E-state index in [-0.39, 0.29) is 0 Å². The van der Waals surface area contributed by atoms with Crippen LogP contribution < -0.4 is 14.8 Å². The third-order valence-electron chi connectivity index (χ3n) is 3.13. The molecular formula is C15H21N3O2. The van der Waals surface area contributed by atoms with Crippen molar-refractivity contribution in [2.24, 2.45) is 7.05 Å². The van der Waals surface area contributed by atoms with Crippen molar-refractivity contribution < 1.29 is 9.47 Å². The SMILES string of the molecule is COc1ccc(CCNCc2cnn(C)c2)cc1OC. The molecule has 1 N–H and O–H groups in total. The Kier molecular flexibility index (Phi) is 5.01. The lowest BCUT2D eigenvalue weighted by molar-refractivity contribution is 0.354. The Morgan fingerprint density at radius 3 is 2.60 bits per heavy atom. The third-order valence-corrected chi connectivity index (χ3v) is 3.13. The molecule has 0 bridgehead atoms. The van der Waals surface area contributed by atoms with Gasteiger partial charge in [-0.3, -0.25) is 4.68 Å². The van der Waals surface area contributed by atoms with E-state index in [0.29, 0.717) is 0 Å². The molecule has 108 valence electrons. The summed E-state index contributed by atoms with van der Waals surface area (Å²) in [5, 5.41) is 7.55. The van der Waals surface area contributed by atoms with Gasteiger partial charge in [0, 0.05) is 25.4 Å². The zero-order valence-corrected chi connectivity index (χ0v) is 12.2. The summed E-state index contributed by atoms with van der Waals surface area (Å²) in [5.74, 6) is 1.54. The van der Waals surface area contributed by atoms with Crippen molar-refractivity contribution in [1.29, 1.82) is 0 Å². The van der Waals surface area contributed by atoms with E-state index in [1.807, 2.05) is 36.3 Å². The predicted molar refractivity (Wildman–Crippen MR) is 78.2 cm³/mol. The van der Waals surface area contributed by atoms with Crippen LogP contribution in [-0.4, -0.2) is 30.5 Å². The Morgan fingerprint density at radius 1 is 1.15 bits per heavy atom. The van der Waals surface area contributed by atoms with Crippen LogP contribution in [0.3, 0.4) is 0 Å². The zero-order chi connectivity index (χ0) is 14.4. The van der Waals surface area contributed by atoms with Gasteiger partial charge in [-0.2, -0.15) is 5.10 Å². The number of nitrogens with zero attached hydrogens (tertiary/aromatic N) is 2. The molecule has 0 amide bonds. The fourth-order valence-corrected chi connectivity index (χ4v) is 2.06. The minimum Gasteiger partial charge on any atom is -0.493 e. The van der Waals surface area contributed by atoms with Crippen LogP contribution in [0, 0.1) is 0 Å². The fraction of sp³-hybridized carbons (Fsp3) is 0.400. The summed E-state index contributed by atoms with van der Waals surface area (Å²) in [7, 11) is 5.22. The van der Waals surface area contributed by atoms with Crippen LogP contribution in [0.15, 0.2) is 30.6 Å². The molecule has 1 aromatic heterocycles. The predicted octanol–water partition coefficient (Wildman–Crippen LogP) is 1.77. The second-order valence-electron chi connectivity index (χ2n) is 4.64. The lowest BCUT2D eigenvalue weighted by Crippen LogP contribution is -2.16. The average molecular weight is 275 g/mol. The van der Waals surface area contributed by atoms with E-state index < -0.39 is 0 Å². The highest BCUT2D eigenvalue weighted by atomic mass is 16.5. The van der Waals surface area contributed by atoms with Crippen LogP contribution in [0.1, 0.15) is 11.1 Å². The van der Waals surface area contributed by atoms with Crippen molar-refractivity contribution in [2.45, 2.75) is 13.0 Å². The van der Waals surface area contributed by atoms with Crippen molar-refractivity contribution in [2.75, 3.05) is 20.8 Å². The van der Waals surface area contributed by atoms with Gasteiger partial charge in [0.15, 0.2) is 11.5 Å². The van der Waals surface area contributed by atoms with Gasteiger partial charge in [0.05, 0.1) is 20.4 Å². The highest BCUT2D eigenvalue weighted by molar-refractivity contribution is 5.42. The summed E-state index contributed by atoms with van der Waals surface area (Å²) in [6.45, 7) is 1.74. The first-order valence-electron chi connectivity index (χ1n) is 6.62. The minimum atomic E-state index is 0.763. The highest BCUT2D eigenvalue weighted by Crippen LogP contribution is 2.27. The van der Waals surface area contributed by atoms with E-state index in [4.69, 9.17) is 9.47 Å². The minimum absolute atomic E-state index is 0.763. The standard InChI is InChI=1S/C15H21N3O2/c1-18-11-13(10-17-18)9-16-7-6-12-4-5-14(19-2)15(8-12)20-3/h4-5,8,10-11,16H,6-7,9H2,1-3H3. The molecule has 5 heteroatoms. The second-order valence-corrected chi connectivity index (χ2v) is 4.64. The molecule has 1 aromatic carbocycles. The normalized spacial score (nSPS) is 10.6. The van der Waals surface area contributed by atoms with Crippen LogP contribution >= 0.6 is 0 Å². The molecule has 0 fully saturated rings. The fourth-order valence-electron chi connectivity index (χ4n) is 2.06. The quantitative estimate of drug-likeness (QED) is 0.782. The number of aromatic nitrogens is 2. The van der Waals surface area contributed by atoms with Crippen molar-refractivity contribution >= 4 is 0 Å². The summed E-state index contributed by atoms with van der Waals surface area (Å²) < 4.78 is 12.3. The number of hydrogen-bond acceptors (Lipinski definition) is 4. The molecular weight excluding hydrogens is 254 g/mol. The topological polar surface area (TPSA) is 48.3 Å². The van der Waals surface area contributed by atoms with E-state index in [1.165, 1.54) is 11.1 Å². The molecule has 0 unspecified atom stereocenters. The van der Waals surface area contributed by atoms with Gasteiger partial charge in [0.25, 0.3) is 0 Å².